The first-order valence-corrected chi connectivity index (χ1v) is 6.97. The molecule has 2 nitrogen and oxygen atoms in total. The second-order valence-corrected chi connectivity index (χ2v) is 5.58. The normalized spacial score (nSPS) is 10.2. The van der Waals surface area contributed by atoms with Crippen LogP contribution in [0, 0.1) is 11.3 Å². The van der Waals surface area contributed by atoms with Gasteiger partial charge in [-0.25, -0.2) is 4.98 Å². The summed E-state index contributed by atoms with van der Waals surface area (Å²) in [6, 6.07) is 10.3. The molecule has 0 fully saturated rings. The van der Waals surface area contributed by atoms with Crippen LogP contribution in [0.15, 0.2) is 28.7 Å². The molecule has 17 heavy (non-hydrogen) atoms. The Bertz CT molecular complexity index is 552. The number of aryl methyl sites for hydroxylation is 1. The number of rotatable bonds is 3. The molecule has 86 valence electrons. The Labute approximate surface area is 113 Å². The van der Waals surface area contributed by atoms with Crippen LogP contribution in [-0.2, 0) is 12.8 Å². The Balaban J connectivity index is 2.39. The third-order valence-electron chi connectivity index (χ3n) is 2.44. The standard InChI is InChI=1S/C13H11BrN2S/c1-2-11-12(7-8-15)17-13(16-11)9-3-5-10(14)6-4-9/h3-6H,2,7H2,1H3. The van der Waals surface area contributed by atoms with Crippen LogP contribution in [0.4, 0.5) is 0 Å². The molecule has 0 atom stereocenters. The SMILES string of the molecule is CCc1nc(-c2ccc(Br)cc2)sc1CC#N. The van der Waals surface area contributed by atoms with E-state index in [0.29, 0.717) is 6.42 Å². The number of hydrogen-bond donors (Lipinski definition) is 0. The quantitative estimate of drug-likeness (QED) is 0.852. The molecule has 0 aliphatic heterocycles. The summed E-state index contributed by atoms with van der Waals surface area (Å²) in [6.45, 7) is 2.07. The second-order valence-electron chi connectivity index (χ2n) is 3.58. The molecule has 0 spiro atoms. The molecule has 1 aromatic carbocycles. The average molecular weight is 307 g/mol. The lowest BCUT2D eigenvalue weighted by atomic mass is 10.2. The lowest BCUT2D eigenvalue weighted by Crippen LogP contribution is -1.86. The number of hydrogen-bond acceptors (Lipinski definition) is 3. The van der Waals surface area contributed by atoms with Gasteiger partial charge in [0.2, 0.25) is 0 Å². The summed E-state index contributed by atoms with van der Waals surface area (Å²) in [5, 5.41) is 9.78. The molecular weight excluding hydrogens is 296 g/mol. The van der Waals surface area contributed by atoms with Gasteiger partial charge in [-0.3, -0.25) is 0 Å². The summed E-state index contributed by atoms with van der Waals surface area (Å²) < 4.78 is 1.06. The predicted molar refractivity (Wildman–Crippen MR) is 73.9 cm³/mol. The molecule has 1 heterocycles. The van der Waals surface area contributed by atoms with Crippen molar-refractivity contribution in [3.05, 3.63) is 39.3 Å². The van der Waals surface area contributed by atoms with Crippen LogP contribution in [0.5, 0.6) is 0 Å². The fourth-order valence-electron chi connectivity index (χ4n) is 1.59. The summed E-state index contributed by atoms with van der Waals surface area (Å²) in [5.74, 6) is 0. The minimum Gasteiger partial charge on any atom is -0.241 e. The number of benzene rings is 1. The number of halogens is 1. The van der Waals surface area contributed by atoms with Crippen LogP contribution in [0.25, 0.3) is 10.6 Å². The molecule has 2 rings (SSSR count). The van der Waals surface area contributed by atoms with Crippen molar-refractivity contribution >= 4 is 27.3 Å². The van der Waals surface area contributed by atoms with Crippen LogP contribution in [-0.4, -0.2) is 4.98 Å². The first kappa shape index (κ1) is 12.3. The molecule has 0 aliphatic rings. The van der Waals surface area contributed by atoms with Crippen molar-refractivity contribution in [2.24, 2.45) is 0 Å². The number of nitriles is 1. The second kappa shape index (κ2) is 5.44. The highest BCUT2D eigenvalue weighted by atomic mass is 79.9. The van der Waals surface area contributed by atoms with Gasteiger partial charge in [0.15, 0.2) is 0 Å². The fourth-order valence-corrected chi connectivity index (χ4v) is 2.94. The average Bonchev–Trinajstić information content (AvgIpc) is 2.74. The van der Waals surface area contributed by atoms with Gasteiger partial charge in [0.25, 0.3) is 0 Å². The fraction of sp³-hybridized carbons (Fsp3) is 0.231. The predicted octanol–water partition coefficient (Wildman–Crippen LogP) is 4.20. The van der Waals surface area contributed by atoms with Gasteiger partial charge in [0.1, 0.15) is 5.01 Å². The Morgan fingerprint density at radius 1 is 1.35 bits per heavy atom. The van der Waals surface area contributed by atoms with E-state index in [2.05, 4.69) is 33.9 Å². The van der Waals surface area contributed by atoms with E-state index >= 15 is 0 Å². The van der Waals surface area contributed by atoms with E-state index in [1.165, 1.54) is 0 Å². The Hall–Kier alpha value is -1.18. The molecule has 0 saturated carbocycles. The monoisotopic (exact) mass is 306 g/mol. The summed E-state index contributed by atoms with van der Waals surface area (Å²) in [6.07, 6.45) is 1.33. The number of aromatic nitrogens is 1. The van der Waals surface area contributed by atoms with Crippen LogP contribution in [0.2, 0.25) is 0 Å². The Morgan fingerprint density at radius 3 is 2.65 bits per heavy atom. The Morgan fingerprint density at radius 2 is 2.06 bits per heavy atom. The lowest BCUT2D eigenvalue weighted by molar-refractivity contribution is 1.03. The van der Waals surface area contributed by atoms with Gasteiger partial charge in [-0.1, -0.05) is 35.0 Å². The molecule has 0 saturated heterocycles. The first-order valence-electron chi connectivity index (χ1n) is 5.36. The zero-order valence-electron chi connectivity index (χ0n) is 9.40. The van der Waals surface area contributed by atoms with Crippen molar-refractivity contribution in [1.82, 2.24) is 4.98 Å². The van der Waals surface area contributed by atoms with Crippen LogP contribution >= 0.6 is 27.3 Å². The zero-order valence-corrected chi connectivity index (χ0v) is 11.8. The van der Waals surface area contributed by atoms with Crippen molar-refractivity contribution in [2.75, 3.05) is 0 Å². The van der Waals surface area contributed by atoms with Crippen molar-refractivity contribution in [2.45, 2.75) is 19.8 Å². The molecule has 0 unspecified atom stereocenters. The topological polar surface area (TPSA) is 36.7 Å². The van der Waals surface area contributed by atoms with E-state index in [9.17, 15) is 0 Å². The van der Waals surface area contributed by atoms with Crippen LogP contribution < -0.4 is 0 Å². The van der Waals surface area contributed by atoms with Gasteiger partial charge in [-0.05, 0) is 18.6 Å². The first-order chi connectivity index (χ1) is 8.24. The maximum atomic E-state index is 8.78. The van der Waals surface area contributed by atoms with Gasteiger partial charge in [-0.2, -0.15) is 5.26 Å². The number of thiazole rings is 1. The zero-order chi connectivity index (χ0) is 12.3. The minimum atomic E-state index is 0.456. The highest BCUT2D eigenvalue weighted by Crippen LogP contribution is 2.29. The van der Waals surface area contributed by atoms with Gasteiger partial charge in [0, 0.05) is 14.9 Å². The van der Waals surface area contributed by atoms with E-state index in [0.717, 1.165) is 32.0 Å². The largest absolute Gasteiger partial charge is 0.241 e. The van der Waals surface area contributed by atoms with E-state index in [-0.39, 0.29) is 0 Å². The van der Waals surface area contributed by atoms with Crippen molar-refractivity contribution in [1.29, 1.82) is 5.26 Å². The molecule has 0 aliphatic carbocycles. The van der Waals surface area contributed by atoms with Crippen LogP contribution in [0.3, 0.4) is 0 Å². The molecule has 0 radical (unpaired) electrons. The molecule has 0 N–H and O–H groups in total. The van der Waals surface area contributed by atoms with E-state index in [1.807, 2.05) is 24.3 Å². The maximum Gasteiger partial charge on any atom is 0.123 e. The maximum absolute atomic E-state index is 8.78. The van der Waals surface area contributed by atoms with Crippen LogP contribution in [0.1, 0.15) is 17.5 Å². The molecular formula is C13H11BrN2S. The highest BCUT2D eigenvalue weighted by Gasteiger charge is 2.10. The van der Waals surface area contributed by atoms with Crippen molar-refractivity contribution in [3.8, 4) is 16.6 Å². The highest BCUT2D eigenvalue weighted by molar-refractivity contribution is 9.10. The van der Waals surface area contributed by atoms with E-state index in [1.54, 1.807) is 11.3 Å². The molecule has 0 bridgehead atoms. The summed E-state index contributed by atoms with van der Waals surface area (Å²) >= 11 is 5.03. The van der Waals surface area contributed by atoms with E-state index < -0.39 is 0 Å². The van der Waals surface area contributed by atoms with Gasteiger partial charge in [-0.15, -0.1) is 11.3 Å². The van der Waals surface area contributed by atoms with Gasteiger partial charge in [0.05, 0.1) is 18.2 Å². The Kier molecular flexibility index (Phi) is 3.93. The minimum absolute atomic E-state index is 0.456. The number of nitrogens with zero attached hydrogens (tertiary/aromatic N) is 2. The summed E-state index contributed by atoms with van der Waals surface area (Å²) in [5.41, 5.74) is 2.16. The van der Waals surface area contributed by atoms with Gasteiger partial charge < -0.3 is 0 Å². The van der Waals surface area contributed by atoms with Crippen molar-refractivity contribution in [3.63, 3.8) is 0 Å². The molecule has 2 aromatic rings. The van der Waals surface area contributed by atoms with Crippen molar-refractivity contribution < 1.29 is 0 Å². The third-order valence-corrected chi connectivity index (χ3v) is 4.12. The molecule has 0 amide bonds. The van der Waals surface area contributed by atoms with E-state index in [4.69, 9.17) is 5.26 Å². The van der Waals surface area contributed by atoms with Gasteiger partial charge >= 0.3 is 0 Å². The third kappa shape index (κ3) is 2.74. The lowest BCUT2D eigenvalue weighted by Gasteiger charge is -1.95. The molecule has 4 heteroatoms. The summed E-state index contributed by atoms with van der Waals surface area (Å²) in [4.78, 5) is 5.69. The smallest absolute Gasteiger partial charge is 0.123 e. The summed E-state index contributed by atoms with van der Waals surface area (Å²) in [7, 11) is 0. The molecule has 1 aromatic heterocycles.